The molecule has 0 saturated carbocycles. The van der Waals surface area contributed by atoms with Crippen LogP contribution < -0.4 is 5.56 Å². The number of hydrogen-bond donors (Lipinski definition) is 1. The zero-order valence-corrected chi connectivity index (χ0v) is 8.11. The summed E-state index contributed by atoms with van der Waals surface area (Å²) in [6, 6.07) is 0. The van der Waals surface area contributed by atoms with Gasteiger partial charge in [0.25, 0.3) is 5.56 Å². The molecule has 0 aliphatic carbocycles. The van der Waals surface area contributed by atoms with Crippen molar-refractivity contribution < 1.29 is 5.11 Å². The van der Waals surface area contributed by atoms with Crippen LogP contribution in [0.25, 0.3) is 0 Å². The van der Waals surface area contributed by atoms with Gasteiger partial charge >= 0.3 is 0 Å². The second-order valence-electron chi connectivity index (χ2n) is 3.26. The Morgan fingerprint density at radius 2 is 2.23 bits per heavy atom. The van der Waals surface area contributed by atoms with E-state index in [1.807, 2.05) is 0 Å². The topological polar surface area (TPSA) is 55.1 Å². The van der Waals surface area contributed by atoms with E-state index in [9.17, 15) is 4.79 Å². The molecular weight excluding hydrogens is 168 g/mol. The highest BCUT2D eigenvalue weighted by atomic mass is 16.3. The van der Waals surface area contributed by atoms with E-state index in [0.717, 1.165) is 5.69 Å². The molecular formula is C9H14N2O2. The van der Waals surface area contributed by atoms with E-state index in [2.05, 4.69) is 4.98 Å². The smallest absolute Gasteiger partial charge is 0.256 e. The van der Waals surface area contributed by atoms with Gasteiger partial charge < -0.3 is 5.11 Å². The molecule has 0 aliphatic rings. The minimum absolute atomic E-state index is 0.0756. The fraction of sp³-hybridized carbons (Fsp3) is 0.556. The first-order chi connectivity index (χ1) is 6.02. The summed E-state index contributed by atoms with van der Waals surface area (Å²) in [7, 11) is 0. The summed E-state index contributed by atoms with van der Waals surface area (Å²) in [5, 5.41) is 9.10. The van der Waals surface area contributed by atoms with Gasteiger partial charge in [0, 0.05) is 11.3 Å². The van der Waals surface area contributed by atoms with Crippen LogP contribution in [0, 0.1) is 13.8 Å². The summed E-state index contributed by atoms with van der Waals surface area (Å²) in [6.07, 6.45) is 0.943. The first kappa shape index (κ1) is 9.92. The van der Waals surface area contributed by atoms with Crippen molar-refractivity contribution >= 4 is 0 Å². The number of aliphatic hydroxyl groups excluding tert-OH is 1. The van der Waals surface area contributed by atoms with Crippen LogP contribution in [-0.2, 0) is 6.54 Å². The van der Waals surface area contributed by atoms with Gasteiger partial charge in [-0.25, -0.2) is 4.98 Å². The molecule has 0 saturated heterocycles. The van der Waals surface area contributed by atoms with Crippen molar-refractivity contribution in [2.24, 2.45) is 0 Å². The van der Waals surface area contributed by atoms with Crippen LogP contribution in [0.1, 0.15) is 18.2 Å². The summed E-state index contributed by atoms with van der Waals surface area (Å²) >= 11 is 0. The Morgan fingerprint density at radius 1 is 1.62 bits per heavy atom. The molecule has 4 heteroatoms. The monoisotopic (exact) mass is 182 g/mol. The Balaban J connectivity index is 3.12. The molecule has 0 unspecified atom stereocenters. The maximum Gasteiger partial charge on any atom is 0.256 e. The second-order valence-corrected chi connectivity index (χ2v) is 3.26. The Bertz CT molecular complexity index is 355. The number of rotatable bonds is 2. The lowest BCUT2D eigenvalue weighted by atomic mass is 10.2. The molecule has 13 heavy (non-hydrogen) atoms. The summed E-state index contributed by atoms with van der Waals surface area (Å²) in [6.45, 7) is 5.47. The van der Waals surface area contributed by atoms with Crippen LogP contribution in [0.15, 0.2) is 11.1 Å². The fourth-order valence-electron chi connectivity index (χ4n) is 1.09. The maximum absolute atomic E-state index is 11.5. The van der Waals surface area contributed by atoms with Gasteiger partial charge in [-0.1, -0.05) is 0 Å². The van der Waals surface area contributed by atoms with E-state index < -0.39 is 6.10 Å². The van der Waals surface area contributed by atoms with Crippen molar-refractivity contribution in [1.82, 2.24) is 9.55 Å². The van der Waals surface area contributed by atoms with Crippen LogP contribution in [0.2, 0.25) is 0 Å². The molecule has 0 amide bonds. The zero-order chi connectivity index (χ0) is 10.0. The number of nitrogens with zero attached hydrogens (tertiary/aromatic N) is 2. The second kappa shape index (κ2) is 3.70. The molecule has 0 fully saturated rings. The van der Waals surface area contributed by atoms with E-state index in [1.165, 1.54) is 10.9 Å². The fourth-order valence-corrected chi connectivity index (χ4v) is 1.09. The third kappa shape index (κ3) is 2.15. The van der Waals surface area contributed by atoms with Gasteiger partial charge in [-0.3, -0.25) is 9.36 Å². The molecule has 0 aliphatic heterocycles. The summed E-state index contributed by atoms with van der Waals surface area (Å²) < 4.78 is 1.42. The predicted octanol–water partition coefficient (Wildman–Crippen LogP) is 0.241. The molecule has 4 nitrogen and oxygen atoms in total. The summed E-state index contributed by atoms with van der Waals surface area (Å²) in [5.41, 5.74) is 1.31. The normalized spacial score (nSPS) is 12.9. The van der Waals surface area contributed by atoms with Gasteiger partial charge in [0.15, 0.2) is 0 Å². The molecule has 0 aromatic carbocycles. The Hall–Kier alpha value is -1.16. The third-order valence-corrected chi connectivity index (χ3v) is 1.98. The molecule has 1 heterocycles. The average Bonchev–Trinajstić information content (AvgIpc) is 2.06. The summed E-state index contributed by atoms with van der Waals surface area (Å²) in [5.74, 6) is 0. The van der Waals surface area contributed by atoms with Crippen LogP contribution >= 0.6 is 0 Å². The summed E-state index contributed by atoms with van der Waals surface area (Å²) in [4.78, 5) is 15.6. The Labute approximate surface area is 76.9 Å². The number of aryl methyl sites for hydroxylation is 1. The van der Waals surface area contributed by atoms with Crippen molar-refractivity contribution in [2.45, 2.75) is 33.4 Å². The number of aromatic nitrogens is 2. The average molecular weight is 182 g/mol. The lowest BCUT2D eigenvalue weighted by molar-refractivity contribution is 0.171. The first-order valence-electron chi connectivity index (χ1n) is 4.23. The van der Waals surface area contributed by atoms with Crippen molar-refractivity contribution in [3.05, 3.63) is 27.9 Å². The molecule has 1 rings (SSSR count). The molecule has 0 radical (unpaired) electrons. The Morgan fingerprint density at radius 3 is 2.77 bits per heavy atom. The molecule has 1 N–H and O–H groups in total. The SMILES string of the molecule is Cc1ncn(C[C@@H](C)O)c(=O)c1C. The van der Waals surface area contributed by atoms with Crippen molar-refractivity contribution in [2.75, 3.05) is 0 Å². The van der Waals surface area contributed by atoms with E-state index in [0.29, 0.717) is 12.1 Å². The predicted molar refractivity (Wildman–Crippen MR) is 49.7 cm³/mol. The maximum atomic E-state index is 11.5. The Kier molecular flexibility index (Phi) is 2.83. The zero-order valence-electron chi connectivity index (χ0n) is 8.11. The van der Waals surface area contributed by atoms with Crippen LogP contribution in [-0.4, -0.2) is 20.8 Å². The van der Waals surface area contributed by atoms with Gasteiger partial charge in [0.05, 0.1) is 19.0 Å². The van der Waals surface area contributed by atoms with E-state index >= 15 is 0 Å². The van der Waals surface area contributed by atoms with Gasteiger partial charge in [-0.05, 0) is 20.8 Å². The van der Waals surface area contributed by atoms with Crippen LogP contribution in [0.3, 0.4) is 0 Å². The van der Waals surface area contributed by atoms with Crippen molar-refractivity contribution in [1.29, 1.82) is 0 Å². The first-order valence-corrected chi connectivity index (χ1v) is 4.23. The molecule has 0 bridgehead atoms. The van der Waals surface area contributed by atoms with Gasteiger partial charge in [-0.15, -0.1) is 0 Å². The van der Waals surface area contributed by atoms with Gasteiger partial charge in [-0.2, -0.15) is 0 Å². The van der Waals surface area contributed by atoms with Gasteiger partial charge in [0.2, 0.25) is 0 Å². The van der Waals surface area contributed by atoms with E-state index in [1.54, 1.807) is 20.8 Å². The quantitative estimate of drug-likeness (QED) is 0.712. The highest BCUT2D eigenvalue weighted by Crippen LogP contribution is 1.95. The molecule has 1 aromatic heterocycles. The molecule has 72 valence electrons. The number of hydrogen-bond acceptors (Lipinski definition) is 3. The van der Waals surface area contributed by atoms with Crippen molar-refractivity contribution in [3.8, 4) is 0 Å². The lowest BCUT2D eigenvalue weighted by Crippen LogP contribution is -2.27. The van der Waals surface area contributed by atoms with Crippen molar-refractivity contribution in [3.63, 3.8) is 0 Å². The van der Waals surface area contributed by atoms with E-state index in [4.69, 9.17) is 5.11 Å². The largest absolute Gasteiger partial charge is 0.392 e. The highest BCUT2D eigenvalue weighted by Gasteiger charge is 2.05. The highest BCUT2D eigenvalue weighted by molar-refractivity contribution is 5.12. The standard InChI is InChI=1S/C9H14N2O2/c1-6(12)4-11-5-10-8(3)7(2)9(11)13/h5-6,12H,4H2,1-3H3/t6-/m1/s1. The minimum Gasteiger partial charge on any atom is -0.392 e. The molecule has 1 atom stereocenters. The molecule has 1 aromatic rings. The van der Waals surface area contributed by atoms with Crippen LogP contribution in [0.4, 0.5) is 0 Å². The minimum atomic E-state index is -0.526. The third-order valence-electron chi connectivity index (χ3n) is 1.98. The van der Waals surface area contributed by atoms with Crippen LogP contribution in [0.5, 0.6) is 0 Å². The van der Waals surface area contributed by atoms with E-state index in [-0.39, 0.29) is 5.56 Å². The molecule has 0 spiro atoms. The van der Waals surface area contributed by atoms with Gasteiger partial charge in [0.1, 0.15) is 0 Å². The lowest BCUT2D eigenvalue weighted by Gasteiger charge is -2.08. The number of aliphatic hydroxyl groups is 1.